The highest BCUT2D eigenvalue weighted by molar-refractivity contribution is 6.39. The molecule has 0 spiro atoms. The third-order valence-corrected chi connectivity index (χ3v) is 6.04. The summed E-state index contributed by atoms with van der Waals surface area (Å²) < 4.78 is 29.5. The topological polar surface area (TPSA) is 69.7 Å². The van der Waals surface area contributed by atoms with Crippen molar-refractivity contribution in [1.29, 1.82) is 0 Å². The Hall–Kier alpha value is -3.81. The number of barbiturate groups is 1. The van der Waals surface area contributed by atoms with Gasteiger partial charge < -0.3 is 4.90 Å². The van der Waals surface area contributed by atoms with Gasteiger partial charge in [0.2, 0.25) is 0 Å². The van der Waals surface area contributed by atoms with E-state index in [1.807, 2.05) is 19.2 Å². The SMILES string of the molecule is CCCN1c2cc(F)c(/C=C3/C(=O)NC(=O)N(c4ccccc4F)C3=O)cc2C(C)=CC1(C)C. The van der Waals surface area contributed by atoms with Gasteiger partial charge in [-0.25, -0.2) is 18.5 Å². The molecule has 2 aliphatic heterocycles. The summed E-state index contributed by atoms with van der Waals surface area (Å²) in [6, 6.07) is 7.14. The smallest absolute Gasteiger partial charge is 0.336 e. The first-order valence-corrected chi connectivity index (χ1v) is 11.0. The number of imide groups is 2. The van der Waals surface area contributed by atoms with Crippen LogP contribution in [0.4, 0.5) is 25.0 Å². The first-order chi connectivity index (χ1) is 16.0. The van der Waals surface area contributed by atoms with Crippen LogP contribution in [0.5, 0.6) is 0 Å². The van der Waals surface area contributed by atoms with Gasteiger partial charge in [-0.05, 0) is 63.1 Å². The molecule has 2 aromatic carbocycles. The second-order valence-electron chi connectivity index (χ2n) is 8.93. The number of urea groups is 1. The van der Waals surface area contributed by atoms with Crippen LogP contribution in [0.25, 0.3) is 11.6 Å². The molecule has 0 aromatic heterocycles. The van der Waals surface area contributed by atoms with E-state index in [-0.39, 0.29) is 16.8 Å². The zero-order valence-corrected chi connectivity index (χ0v) is 19.4. The Morgan fingerprint density at radius 3 is 2.41 bits per heavy atom. The van der Waals surface area contributed by atoms with Crippen LogP contribution in [0.15, 0.2) is 48.0 Å². The van der Waals surface area contributed by atoms with Crippen LogP contribution in [-0.4, -0.2) is 29.9 Å². The van der Waals surface area contributed by atoms with E-state index in [1.54, 1.807) is 6.07 Å². The molecule has 1 N–H and O–H groups in total. The number of hydrogen-bond donors (Lipinski definition) is 1. The minimum atomic E-state index is -1.07. The van der Waals surface area contributed by atoms with Crippen LogP contribution >= 0.6 is 0 Å². The Kier molecular flexibility index (Phi) is 5.85. The highest BCUT2D eigenvalue weighted by Gasteiger charge is 2.38. The molecule has 176 valence electrons. The Balaban J connectivity index is 1.80. The Bertz CT molecular complexity index is 1280. The van der Waals surface area contributed by atoms with Gasteiger partial charge in [0.25, 0.3) is 11.8 Å². The highest BCUT2D eigenvalue weighted by Crippen LogP contribution is 2.40. The summed E-state index contributed by atoms with van der Waals surface area (Å²) in [6.45, 7) is 8.82. The maximum atomic E-state index is 15.3. The molecule has 0 atom stereocenters. The third-order valence-electron chi connectivity index (χ3n) is 6.04. The number of nitrogens with one attached hydrogen (secondary N) is 1. The van der Waals surface area contributed by atoms with Crippen LogP contribution in [0, 0.1) is 11.6 Å². The summed E-state index contributed by atoms with van der Waals surface area (Å²) in [5.74, 6) is -3.43. The summed E-state index contributed by atoms with van der Waals surface area (Å²) in [5, 5.41) is 2.03. The molecular formula is C26H25F2N3O3. The Morgan fingerprint density at radius 1 is 1.03 bits per heavy atom. The van der Waals surface area contributed by atoms with Crippen molar-refractivity contribution in [3.05, 3.63) is 70.8 Å². The average Bonchev–Trinajstić information content (AvgIpc) is 2.75. The zero-order chi connectivity index (χ0) is 24.8. The molecule has 4 rings (SSSR count). The molecule has 34 heavy (non-hydrogen) atoms. The normalized spacial score (nSPS) is 18.7. The van der Waals surface area contributed by atoms with Crippen molar-refractivity contribution in [3.63, 3.8) is 0 Å². The number of halogens is 2. The molecule has 4 amide bonds. The average molecular weight is 466 g/mol. The largest absolute Gasteiger partial charge is 0.362 e. The second-order valence-corrected chi connectivity index (χ2v) is 8.93. The van der Waals surface area contributed by atoms with Crippen LogP contribution in [-0.2, 0) is 9.59 Å². The standard InChI is InChI=1S/C26H25F2N3O3/c1-5-10-30-22-13-20(28)16(11-17(22)15(2)14-26(30,3)4)12-18-23(32)29-25(34)31(24(18)33)21-9-7-6-8-19(21)27/h6-9,11-14H,5,10H2,1-4H3,(H,29,32,34)/b18-12-. The number of anilines is 2. The number of carbonyl (C=O) groups excluding carboxylic acids is 3. The van der Waals surface area contributed by atoms with E-state index in [1.165, 1.54) is 24.3 Å². The van der Waals surface area contributed by atoms with Gasteiger partial charge in [0.15, 0.2) is 0 Å². The lowest BCUT2D eigenvalue weighted by molar-refractivity contribution is -0.122. The lowest BCUT2D eigenvalue weighted by Gasteiger charge is -2.43. The Morgan fingerprint density at radius 2 is 1.74 bits per heavy atom. The summed E-state index contributed by atoms with van der Waals surface area (Å²) in [4.78, 5) is 40.5. The quantitative estimate of drug-likeness (QED) is 0.507. The molecule has 2 heterocycles. The van der Waals surface area contributed by atoms with Crippen LogP contribution in [0.2, 0.25) is 0 Å². The van der Waals surface area contributed by atoms with Gasteiger partial charge in [0, 0.05) is 23.4 Å². The van der Waals surface area contributed by atoms with Gasteiger partial charge in [-0.2, -0.15) is 0 Å². The van der Waals surface area contributed by atoms with Gasteiger partial charge in [0.05, 0.1) is 11.2 Å². The monoisotopic (exact) mass is 465 g/mol. The number of allylic oxidation sites excluding steroid dienone is 1. The number of benzene rings is 2. The van der Waals surface area contributed by atoms with Gasteiger partial charge in [-0.3, -0.25) is 14.9 Å². The van der Waals surface area contributed by atoms with Gasteiger partial charge >= 0.3 is 6.03 Å². The van der Waals surface area contributed by atoms with Crippen molar-refractivity contribution in [2.45, 2.75) is 39.7 Å². The molecule has 0 aliphatic carbocycles. The summed E-state index contributed by atoms with van der Waals surface area (Å²) in [6.07, 6.45) is 4.07. The van der Waals surface area contributed by atoms with Crippen LogP contribution in [0.3, 0.4) is 0 Å². The summed E-state index contributed by atoms with van der Waals surface area (Å²) >= 11 is 0. The van der Waals surface area contributed by atoms with E-state index in [2.05, 4.69) is 24.8 Å². The summed E-state index contributed by atoms with van der Waals surface area (Å²) in [7, 11) is 0. The predicted octanol–water partition coefficient (Wildman–Crippen LogP) is 5.04. The molecule has 2 aromatic rings. The number of amides is 4. The fourth-order valence-corrected chi connectivity index (χ4v) is 4.52. The van der Waals surface area contributed by atoms with Crippen molar-refractivity contribution < 1.29 is 23.2 Å². The predicted molar refractivity (Wildman–Crippen MR) is 127 cm³/mol. The molecule has 2 aliphatic rings. The summed E-state index contributed by atoms with van der Waals surface area (Å²) in [5.41, 5.74) is 1.40. The van der Waals surface area contributed by atoms with E-state index < -0.39 is 35.1 Å². The fraction of sp³-hybridized carbons (Fsp3) is 0.269. The van der Waals surface area contributed by atoms with Crippen molar-refractivity contribution >= 4 is 40.9 Å². The molecule has 0 unspecified atom stereocenters. The zero-order valence-electron chi connectivity index (χ0n) is 19.4. The van der Waals surface area contributed by atoms with E-state index in [9.17, 15) is 18.8 Å². The number of carbonyl (C=O) groups is 3. The van der Waals surface area contributed by atoms with E-state index in [0.29, 0.717) is 4.90 Å². The molecule has 0 radical (unpaired) electrons. The Labute approximate surface area is 196 Å². The van der Waals surface area contributed by atoms with E-state index >= 15 is 4.39 Å². The van der Waals surface area contributed by atoms with Gasteiger partial charge in [-0.1, -0.05) is 25.1 Å². The molecule has 6 nitrogen and oxygen atoms in total. The van der Waals surface area contributed by atoms with Crippen LogP contribution in [0.1, 0.15) is 45.2 Å². The molecule has 8 heteroatoms. The van der Waals surface area contributed by atoms with E-state index in [0.717, 1.165) is 41.9 Å². The third kappa shape index (κ3) is 3.89. The maximum Gasteiger partial charge on any atom is 0.336 e. The van der Waals surface area contributed by atoms with Gasteiger partial charge in [-0.15, -0.1) is 0 Å². The number of para-hydroxylation sites is 1. The number of rotatable bonds is 4. The number of hydrogen-bond acceptors (Lipinski definition) is 4. The molecule has 0 saturated carbocycles. The number of nitrogens with zero attached hydrogens (tertiary/aromatic N) is 2. The molecule has 1 saturated heterocycles. The maximum absolute atomic E-state index is 15.3. The molecular weight excluding hydrogens is 440 g/mol. The fourth-order valence-electron chi connectivity index (χ4n) is 4.52. The molecule has 0 bridgehead atoms. The van der Waals surface area contributed by atoms with Gasteiger partial charge in [0.1, 0.15) is 17.2 Å². The number of fused-ring (bicyclic) bond motifs is 1. The molecule has 1 fully saturated rings. The van der Waals surface area contributed by atoms with Crippen molar-refractivity contribution in [3.8, 4) is 0 Å². The first-order valence-electron chi connectivity index (χ1n) is 11.0. The minimum Gasteiger partial charge on any atom is -0.362 e. The first kappa shape index (κ1) is 23.4. The highest BCUT2D eigenvalue weighted by atomic mass is 19.1. The van der Waals surface area contributed by atoms with Crippen molar-refractivity contribution in [2.24, 2.45) is 0 Å². The lowest BCUT2D eigenvalue weighted by atomic mass is 9.87. The van der Waals surface area contributed by atoms with Crippen molar-refractivity contribution in [2.75, 3.05) is 16.3 Å². The minimum absolute atomic E-state index is 0.0176. The lowest BCUT2D eigenvalue weighted by Crippen LogP contribution is -2.54. The second kappa shape index (κ2) is 8.52. The van der Waals surface area contributed by atoms with Crippen LogP contribution < -0.4 is 15.1 Å². The van der Waals surface area contributed by atoms with Crippen molar-refractivity contribution in [1.82, 2.24) is 5.32 Å². The van der Waals surface area contributed by atoms with E-state index in [4.69, 9.17) is 0 Å².